The number of anilines is 2. The van der Waals surface area contributed by atoms with Crippen molar-refractivity contribution in [3.05, 3.63) is 59.2 Å². The zero-order valence-corrected chi connectivity index (χ0v) is 10.2. The highest BCUT2D eigenvalue weighted by molar-refractivity contribution is 6.06. The third-order valence-corrected chi connectivity index (χ3v) is 2.82. The van der Waals surface area contributed by atoms with Gasteiger partial charge in [0.25, 0.3) is 5.91 Å². The van der Waals surface area contributed by atoms with Crippen LogP contribution in [0.2, 0.25) is 0 Å². The van der Waals surface area contributed by atoms with Gasteiger partial charge in [0.15, 0.2) is 11.6 Å². The number of hydrogen-bond donors (Lipinski definition) is 2. The summed E-state index contributed by atoms with van der Waals surface area (Å²) in [5.41, 5.74) is 6.87. The van der Waals surface area contributed by atoms with E-state index in [2.05, 4.69) is 5.32 Å². The van der Waals surface area contributed by atoms with Gasteiger partial charge in [0, 0.05) is 11.3 Å². The van der Waals surface area contributed by atoms with Gasteiger partial charge >= 0.3 is 0 Å². The summed E-state index contributed by atoms with van der Waals surface area (Å²) in [5.74, 6) is -2.63. The molecule has 0 saturated carbocycles. The van der Waals surface area contributed by atoms with E-state index in [4.69, 9.17) is 5.73 Å². The van der Waals surface area contributed by atoms with Crippen molar-refractivity contribution in [1.29, 1.82) is 0 Å². The maximum Gasteiger partial charge on any atom is 0.256 e. The lowest BCUT2D eigenvalue weighted by atomic mass is 10.1. The summed E-state index contributed by atoms with van der Waals surface area (Å²) in [7, 11) is 0. The minimum atomic E-state index is -1.09. The Kier molecular flexibility index (Phi) is 3.46. The molecule has 3 nitrogen and oxygen atoms in total. The van der Waals surface area contributed by atoms with Gasteiger partial charge in [0.1, 0.15) is 0 Å². The number of carbonyl (C=O) groups is 1. The fraction of sp³-hybridized carbons (Fsp3) is 0.0714. The molecule has 2 aromatic carbocycles. The van der Waals surface area contributed by atoms with E-state index < -0.39 is 17.5 Å². The molecule has 0 saturated heterocycles. The minimum absolute atomic E-state index is 0.202. The highest BCUT2D eigenvalue weighted by Crippen LogP contribution is 2.20. The summed E-state index contributed by atoms with van der Waals surface area (Å²) in [5, 5.41) is 2.33. The van der Waals surface area contributed by atoms with Gasteiger partial charge in [-0.05, 0) is 36.8 Å². The van der Waals surface area contributed by atoms with Crippen LogP contribution < -0.4 is 11.1 Å². The van der Waals surface area contributed by atoms with E-state index in [1.807, 2.05) is 0 Å². The second-order valence-electron chi connectivity index (χ2n) is 4.08. The highest BCUT2D eigenvalue weighted by atomic mass is 19.2. The Balaban J connectivity index is 2.31. The molecule has 0 bridgehead atoms. The second-order valence-corrected chi connectivity index (χ2v) is 4.08. The number of benzene rings is 2. The average Bonchev–Trinajstić information content (AvgIpc) is 2.38. The Hall–Kier alpha value is -2.43. The highest BCUT2D eigenvalue weighted by Gasteiger charge is 2.14. The van der Waals surface area contributed by atoms with Crippen molar-refractivity contribution >= 4 is 17.3 Å². The second kappa shape index (κ2) is 5.06. The quantitative estimate of drug-likeness (QED) is 0.817. The first-order valence-electron chi connectivity index (χ1n) is 5.61. The first-order chi connectivity index (χ1) is 9.00. The van der Waals surface area contributed by atoms with Crippen molar-refractivity contribution in [2.75, 3.05) is 11.1 Å². The van der Waals surface area contributed by atoms with Crippen LogP contribution in [0.4, 0.5) is 20.2 Å². The lowest BCUT2D eigenvalue weighted by Crippen LogP contribution is -2.15. The van der Waals surface area contributed by atoms with Crippen molar-refractivity contribution in [3.8, 4) is 0 Å². The van der Waals surface area contributed by atoms with Gasteiger partial charge in [-0.25, -0.2) is 8.78 Å². The summed E-state index contributed by atoms with van der Waals surface area (Å²) in [6, 6.07) is 8.45. The van der Waals surface area contributed by atoms with Crippen LogP contribution >= 0.6 is 0 Å². The zero-order valence-electron chi connectivity index (χ0n) is 10.2. The zero-order chi connectivity index (χ0) is 14.0. The van der Waals surface area contributed by atoms with Crippen molar-refractivity contribution in [2.45, 2.75) is 6.92 Å². The van der Waals surface area contributed by atoms with Crippen LogP contribution in [0.25, 0.3) is 0 Å². The van der Waals surface area contributed by atoms with Gasteiger partial charge in [-0.3, -0.25) is 4.79 Å². The maximum absolute atomic E-state index is 13.4. The predicted molar refractivity (Wildman–Crippen MR) is 69.9 cm³/mol. The van der Waals surface area contributed by atoms with E-state index >= 15 is 0 Å². The minimum Gasteiger partial charge on any atom is -0.398 e. The standard InChI is InChI=1S/C14H12F2N2O/c1-8-9(4-2-6-11(8)17)14(19)18-12-7-3-5-10(15)13(12)16/h2-7H,17H2,1H3,(H,18,19). The molecule has 98 valence electrons. The largest absolute Gasteiger partial charge is 0.398 e. The van der Waals surface area contributed by atoms with Crippen molar-refractivity contribution in [3.63, 3.8) is 0 Å². The molecular weight excluding hydrogens is 250 g/mol. The molecule has 5 heteroatoms. The average molecular weight is 262 g/mol. The Morgan fingerprint density at radius 3 is 2.58 bits per heavy atom. The van der Waals surface area contributed by atoms with Crippen LogP contribution in [-0.4, -0.2) is 5.91 Å². The third kappa shape index (κ3) is 2.54. The molecule has 0 aliphatic carbocycles. The smallest absolute Gasteiger partial charge is 0.256 e. The monoisotopic (exact) mass is 262 g/mol. The number of hydrogen-bond acceptors (Lipinski definition) is 2. The number of nitrogens with one attached hydrogen (secondary N) is 1. The Labute approximate surface area is 109 Å². The summed E-state index contributed by atoms with van der Waals surface area (Å²) in [4.78, 5) is 12.0. The Morgan fingerprint density at radius 1 is 1.16 bits per heavy atom. The van der Waals surface area contributed by atoms with Crippen molar-refractivity contribution < 1.29 is 13.6 Å². The van der Waals surface area contributed by atoms with Crippen LogP contribution in [-0.2, 0) is 0 Å². The number of nitrogen functional groups attached to an aromatic ring is 1. The number of rotatable bonds is 2. The summed E-state index contributed by atoms with van der Waals surface area (Å²) in [6.07, 6.45) is 0. The summed E-state index contributed by atoms with van der Waals surface area (Å²) in [6.45, 7) is 1.69. The SMILES string of the molecule is Cc1c(N)cccc1C(=O)Nc1cccc(F)c1F. The van der Waals surface area contributed by atoms with Crippen LogP contribution in [0.1, 0.15) is 15.9 Å². The van der Waals surface area contributed by atoms with Crippen LogP contribution in [0, 0.1) is 18.6 Å². The molecule has 1 amide bonds. The fourth-order valence-electron chi connectivity index (χ4n) is 1.69. The number of amides is 1. The molecule has 0 aromatic heterocycles. The van der Waals surface area contributed by atoms with Crippen LogP contribution in [0.15, 0.2) is 36.4 Å². The predicted octanol–water partition coefficient (Wildman–Crippen LogP) is 3.11. The Morgan fingerprint density at radius 2 is 1.84 bits per heavy atom. The molecule has 0 radical (unpaired) electrons. The molecule has 0 spiro atoms. The van der Waals surface area contributed by atoms with E-state index in [0.29, 0.717) is 16.8 Å². The third-order valence-electron chi connectivity index (χ3n) is 2.82. The van der Waals surface area contributed by atoms with Gasteiger partial charge in [0.05, 0.1) is 5.69 Å². The van der Waals surface area contributed by atoms with E-state index in [9.17, 15) is 13.6 Å². The molecule has 2 rings (SSSR count). The fourth-order valence-corrected chi connectivity index (χ4v) is 1.69. The number of carbonyl (C=O) groups excluding carboxylic acids is 1. The molecule has 0 fully saturated rings. The van der Waals surface area contributed by atoms with Gasteiger partial charge in [0.2, 0.25) is 0 Å². The number of halogens is 2. The van der Waals surface area contributed by atoms with E-state index in [0.717, 1.165) is 6.07 Å². The van der Waals surface area contributed by atoms with E-state index in [1.165, 1.54) is 12.1 Å². The Bertz CT molecular complexity index is 641. The first-order valence-corrected chi connectivity index (χ1v) is 5.61. The number of nitrogens with two attached hydrogens (primary N) is 1. The first kappa shape index (κ1) is 13.0. The molecule has 2 aromatic rings. The summed E-state index contributed by atoms with van der Waals surface area (Å²) < 4.78 is 26.5. The summed E-state index contributed by atoms with van der Waals surface area (Å²) >= 11 is 0. The molecule has 0 heterocycles. The molecule has 19 heavy (non-hydrogen) atoms. The molecule has 3 N–H and O–H groups in total. The van der Waals surface area contributed by atoms with Gasteiger partial charge in [-0.2, -0.15) is 0 Å². The molecule has 0 aliphatic rings. The molecule has 0 atom stereocenters. The lowest BCUT2D eigenvalue weighted by molar-refractivity contribution is 0.102. The topological polar surface area (TPSA) is 55.1 Å². The molecular formula is C14H12F2N2O. The molecule has 0 unspecified atom stereocenters. The van der Waals surface area contributed by atoms with E-state index in [-0.39, 0.29) is 5.69 Å². The maximum atomic E-state index is 13.4. The van der Waals surface area contributed by atoms with Crippen LogP contribution in [0.3, 0.4) is 0 Å². The van der Waals surface area contributed by atoms with E-state index in [1.54, 1.807) is 25.1 Å². The van der Waals surface area contributed by atoms with Gasteiger partial charge in [-0.15, -0.1) is 0 Å². The van der Waals surface area contributed by atoms with Gasteiger partial charge < -0.3 is 11.1 Å². The molecule has 0 aliphatic heterocycles. The van der Waals surface area contributed by atoms with Gasteiger partial charge in [-0.1, -0.05) is 12.1 Å². The van der Waals surface area contributed by atoms with Crippen LogP contribution in [0.5, 0.6) is 0 Å². The van der Waals surface area contributed by atoms with Crippen molar-refractivity contribution in [2.24, 2.45) is 0 Å². The lowest BCUT2D eigenvalue weighted by Gasteiger charge is -2.10. The normalized spacial score (nSPS) is 10.3. The van der Waals surface area contributed by atoms with Crippen molar-refractivity contribution in [1.82, 2.24) is 0 Å².